The molecule has 0 fully saturated rings. The Balaban J connectivity index is 1.93. The van der Waals surface area contributed by atoms with Gasteiger partial charge in [-0.3, -0.25) is 9.78 Å². The average molecular weight is 309 g/mol. The molecule has 0 saturated carbocycles. The third kappa shape index (κ3) is 2.89. The van der Waals surface area contributed by atoms with E-state index in [0.29, 0.717) is 11.3 Å². The summed E-state index contributed by atoms with van der Waals surface area (Å²) in [6.45, 7) is 3.31. The maximum Gasteiger partial charge on any atom is 0.274 e. The summed E-state index contributed by atoms with van der Waals surface area (Å²) < 4.78 is 0. The minimum Gasteiger partial charge on any atom is -0.507 e. The van der Waals surface area contributed by atoms with Crippen LogP contribution in [0.15, 0.2) is 46.3 Å². The first-order valence-corrected chi connectivity index (χ1v) is 7.01. The van der Waals surface area contributed by atoms with Crippen LogP contribution in [0.1, 0.15) is 18.2 Å². The number of fused-ring (bicyclic) bond motifs is 1. The van der Waals surface area contributed by atoms with E-state index in [2.05, 4.69) is 25.7 Å². The van der Waals surface area contributed by atoms with Gasteiger partial charge in [-0.2, -0.15) is 5.10 Å². The molecule has 0 unspecified atom stereocenters. The molecule has 0 spiro atoms. The van der Waals surface area contributed by atoms with Crippen LogP contribution in [0.2, 0.25) is 0 Å². The van der Waals surface area contributed by atoms with Gasteiger partial charge in [0.2, 0.25) is 5.95 Å². The molecular formula is C16H15N5O2. The van der Waals surface area contributed by atoms with Crippen molar-refractivity contribution in [1.29, 1.82) is 0 Å². The predicted octanol–water partition coefficient (Wildman–Crippen LogP) is 2.17. The Morgan fingerprint density at radius 1 is 1.22 bits per heavy atom. The number of benzene rings is 2. The van der Waals surface area contributed by atoms with Crippen LogP contribution in [0.25, 0.3) is 10.8 Å². The highest BCUT2D eigenvalue weighted by Crippen LogP contribution is 2.28. The molecule has 7 nitrogen and oxygen atoms in total. The fourth-order valence-corrected chi connectivity index (χ4v) is 2.19. The number of aryl methyl sites for hydroxylation is 1. The van der Waals surface area contributed by atoms with Gasteiger partial charge in [0.25, 0.3) is 5.56 Å². The minimum atomic E-state index is -0.330. The summed E-state index contributed by atoms with van der Waals surface area (Å²) >= 11 is 0. The summed E-state index contributed by atoms with van der Waals surface area (Å²) in [5.74, 6) is 0.301. The third-order valence-electron chi connectivity index (χ3n) is 3.48. The van der Waals surface area contributed by atoms with E-state index < -0.39 is 0 Å². The molecule has 2 aromatic carbocycles. The van der Waals surface area contributed by atoms with Crippen LogP contribution in [0.4, 0.5) is 5.95 Å². The molecular weight excluding hydrogens is 294 g/mol. The monoisotopic (exact) mass is 309 g/mol. The van der Waals surface area contributed by atoms with Crippen LogP contribution in [0.3, 0.4) is 0 Å². The second-order valence-corrected chi connectivity index (χ2v) is 5.08. The fourth-order valence-electron chi connectivity index (χ4n) is 2.19. The van der Waals surface area contributed by atoms with E-state index >= 15 is 0 Å². The number of hydrogen-bond donors (Lipinski definition) is 3. The zero-order valence-corrected chi connectivity index (χ0v) is 12.7. The van der Waals surface area contributed by atoms with Crippen LogP contribution >= 0.6 is 0 Å². The van der Waals surface area contributed by atoms with E-state index in [4.69, 9.17) is 0 Å². The summed E-state index contributed by atoms with van der Waals surface area (Å²) in [6, 6.07) is 11.3. The molecule has 3 rings (SSSR count). The van der Waals surface area contributed by atoms with Crippen molar-refractivity contribution in [3.63, 3.8) is 0 Å². The van der Waals surface area contributed by atoms with Crippen molar-refractivity contribution in [2.24, 2.45) is 5.10 Å². The Labute approximate surface area is 131 Å². The maximum absolute atomic E-state index is 11.5. The largest absolute Gasteiger partial charge is 0.507 e. The Hall–Kier alpha value is -3.22. The lowest BCUT2D eigenvalue weighted by Crippen LogP contribution is -2.16. The molecule has 7 heteroatoms. The van der Waals surface area contributed by atoms with E-state index in [1.165, 1.54) is 0 Å². The zero-order chi connectivity index (χ0) is 16.4. The molecule has 3 N–H and O–H groups in total. The smallest absolute Gasteiger partial charge is 0.274 e. The lowest BCUT2D eigenvalue weighted by atomic mass is 10.0. The van der Waals surface area contributed by atoms with E-state index in [0.717, 1.165) is 10.8 Å². The highest BCUT2D eigenvalue weighted by molar-refractivity contribution is 6.06. The van der Waals surface area contributed by atoms with Gasteiger partial charge in [-0.05, 0) is 25.3 Å². The lowest BCUT2D eigenvalue weighted by molar-refractivity contribution is 0.480. The standard InChI is InChI=1S/C16H15N5O2/c1-9(18-20-16-17-15(23)10(2)19-21-16)12-8-7-11-5-3-4-6-13(11)14(12)22/h3-8,22H,1-2H3,(H2,17,20,21,23)/b18-9+. The number of aromatic nitrogens is 3. The van der Waals surface area contributed by atoms with Crippen LogP contribution in [0.5, 0.6) is 5.75 Å². The van der Waals surface area contributed by atoms with Gasteiger partial charge in [-0.1, -0.05) is 30.3 Å². The number of hydrogen-bond acceptors (Lipinski definition) is 6. The number of nitrogens with zero attached hydrogens (tertiary/aromatic N) is 3. The van der Waals surface area contributed by atoms with Crippen molar-refractivity contribution >= 4 is 22.4 Å². The van der Waals surface area contributed by atoms with E-state index in [-0.39, 0.29) is 23.0 Å². The predicted molar refractivity (Wildman–Crippen MR) is 88.8 cm³/mol. The Morgan fingerprint density at radius 3 is 2.78 bits per heavy atom. The van der Waals surface area contributed by atoms with Gasteiger partial charge in [0.05, 0.1) is 5.71 Å². The molecule has 0 saturated heterocycles. The van der Waals surface area contributed by atoms with Crippen LogP contribution in [-0.4, -0.2) is 26.0 Å². The third-order valence-corrected chi connectivity index (χ3v) is 3.48. The Kier molecular flexibility index (Phi) is 3.76. The SMILES string of the molecule is C/C(=N\Nc1nnc(C)c(=O)[nH]1)c1ccc2ccccc2c1O. The number of phenols is 1. The van der Waals surface area contributed by atoms with E-state index in [9.17, 15) is 9.90 Å². The molecule has 1 heterocycles. The first-order valence-electron chi connectivity index (χ1n) is 7.01. The van der Waals surface area contributed by atoms with Gasteiger partial charge in [-0.25, -0.2) is 5.43 Å². The van der Waals surface area contributed by atoms with Gasteiger partial charge in [0, 0.05) is 10.9 Å². The van der Waals surface area contributed by atoms with Gasteiger partial charge < -0.3 is 5.11 Å². The van der Waals surface area contributed by atoms with Crippen molar-refractivity contribution in [3.05, 3.63) is 58.0 Å². The van der Waals surface area contributed by atoms with Crippen molar-refractivity contribution in [1.82, 2.24) is 15.2 Å². The number of H-pyrrole nitrogens is 1. The fraction of sp³-hybridized carbons (Fsp3) is 0.125. The highest BCUT2D eigenvalue weighted by Gasteiger charge is 2.09. The molecule has 0 bridgehead atoms. The normalized spacial score (nSPS) is 11.7. The lowest BCUT2D eigenvalue weighted by Gasteiger charge is -2.08. The second-order valence-electron chi connectivity index (χ2n) is 5.08. The first kappa shape index (κ1) is 14.7. The van der Waals surface area contributed by atoms with Crippen molar-refractivity contribution in [3.8, 4) is 5.75 Å². The number of nitrogens with one attached hydrogen (secondary N) is 2. The summed E-state index contributed by atoms with van der Waals surface area (Å²) in [7, 11) is 0. The van der Waals surface area contributed by atoms with Crippen LogP contribution in [-0.2, 0) is 0 Å². The molecule has 0 radical (unpaired) electrons. The molecule has 0 aliphatic carbocycles. The Bertz CT molecular complexity index is 962. The number of aromatic hydroxyl groups is 1. The minimum absolute atomic E-state index is 0.139. The molecule has 0 aliphatic heterocycles. The molecule has 0 amide bonds. The quantitative estimate of drug-likeness (QED) is 0.508. The summed E-state index contributed by atoms with van der Waals surface area (Å²) in [5, 5.41) is 23.7. The number of phenolic OH excluding ortho intramolecular Hbond substituents is 1. The molecule has 1 aromatic heterocycles. The summed E-state index contributed by atoms with van der Waals surface area (Å²) in [6.07, 6.45) is 0. The number of hydrazone groups is 1. The Morgan fingerprint density at radius 2 is 2.00 bits per heavy atom. The molecule has 116 valence electrons. The first-order chi connectivity index (χ1) is 11.1. The van der Waals surface area contributed by atoms with Crippen LogP contribution < -0.4 is 11.0 Å². The van der Waals surface area contributed by atoms with Gasteiger partial charge in [0.1, 0.15) is 11.4 Å². The number of aromatic amines is 1. The zero-order valence-electron chi connectivity index (χ0n) is 12.7. The maximum atomic E-state index is 11.5. The van der Waals surface area contributed by atoms with Gasteiger partial charge >= 0.3 is 0 Å². The highest BCUT2D eigenvalue weighted by atomic mass is 16.3. The summed E-state index contributed by atoms with van der Waals surface area (Å²) in [4.78, 5) is 14.0. The van der Waals surface area contributed by atoms with Crippen molar-refractivity contribution in [2.45, 2.75) is 13.8 Å². The average Bonchev–Trinajstić information content (AvgIpc) is 2.56. The van der Waals surface area contributed by atoms with Gasteiger partial charge in [0.15, 0.2) is 0 Å². The molecule has 0 aliphatic rings. The number of rotatable bonds is 3. The molecule has 0 atom stereocenters. The number of anilines is 1. The van der Waals surface area contributed by atoms with Crippen molar-refractivity contribution in [2.75, 3.05) is 5.43 Å². The summed E-state index contributed by atoms with van der Waals surface area (Å²) in [5.41, 5.74) is 3.73. The molecule has 3 aromatic rings. The van der Waals surface area contributed by atoms with E-state index in [1.54, 1.807) is 19.9 Å². The van der Waals surface area contributed by atoms with Gasteiger partial charge in [-0.15, -0.1) is 10.2 Å². The van der Waals surface area contributed by atoms with Crippen molar-refractivity contribution < 1.29 is 5.11 Å². The second kappa shape index (κ2) is 5.88. The van der Waals surface area contributed by atoms with E-state index in [1.807, 2.05) is 30.3 Å². The molecule has 23 heavy (non-hydrogen) atoms. The van der Waals surface area contributed by atoms with Crippen LogP contribution in [0, 0.1) is 6.92 Å². The topological polar surface area (TPSA) is 103 Å².